The molecule has 1 aromatic rings. The molecule has 0 atom stereocenters. The standard InChI is InChI=1S/C6H4ClF3N2O/c7-2-4-11-3(6(8,9)10)1-5(13)12-4/h1H,2H2,(H,11,12,13). The smallest absolute Gasteiger partial charge is 0.310 e. The summed E-state index contributed by atoms with van der Waals surface area (Å²) in [5.74, 6) is -0.458. The molecule has 1 N–H and O–H groups in total. The van der Waals surface area contributed by atoms with E-state index in [0.717, 1.165) is 0 Å². The molecule has 0 bridgehead atoms. The molecule has 1 aromatic heterocycles. The van der Waals surface area contributed by atoms with Gasteiger partial charge in [-0.1, -0.05) is 0 Å². The molecule has 1 rings (SSSR count). The van der Waals surface area contributed by atoms with Crippen molar-refractivity contribution in [1.29, 1.82) is 0 Å². The topological polar surface area (TPSA) is 45.8 Å². The van der Waals surface area contributed by atoms with Gasteiger partial charge < -0.3 is 4.98 Å². The fraction of sp³-hybridized carbons (Fsp3) is 0.333. The van der Waals surface area contributed by atoms with Gasteiger partial charge in [0.15, 0.2) is 5.69 Å². The first-order valence-electron chi connectivity index (χ1n) is 3.17. The molecule has 0 radical (unpaired) electrons. The van der Waals surface area contributed by atoms with Gasteiger partial charge in [0.05, 0.1) is 5.88 Å². The highest BCUT2D eigenvalue weighted by Gasteiger charge is 2.33. The second kappa shape index (κ2) is 3.37. The molecule has 7 heteroatoms. The van der Waals surface area contributed by atoms with Gasteiger partial charge in [-0.3, -0.25) is 4.79 Å². The van der Waals surface area contributed by atoms with Crippen LogP contribution >= 0.6 is 11.6 Å². The van der Waals surface area contributed by atoms with E-state index in [4.69, 9.17) is 11.6 Å². The number of hydrogen-bond donors (Lipinski definition) is 1. The largest absolute Gasteiger partial charge is 0.433 e. The molecular formula is C6H4ClF3N2O. The Bertz CT molecular complexity index is 360. The van der Waals surface area contributed by atoms with Crippen LogP contribution in [0, 0.1) is 0 Å². The zero-order valence-corrected chi connectivity index (χ0v) is 6.91. The molecule has 72 valence electrons. The number of rotatable bonds is 1. The van der Waals surface area contributed by atoms with E-state index in [1.165, 1.54) is 0 Å². The lowest BCUT2D eigenvalue weighted by Gasteiger charge is -2.05. The summed E-state index contributed by atoms with van der Waals surface area (Å²) < 4.78 is 36.1. The van der Waals surface area contributed by atoms with Crippen LogP contribution in [-0.2, 0) is 12.1 Å². The maximum atomic E-state index is 12.0. The molecule has 0 aromatic carbocycles. The molecule has 0 saturated carbocycles. The summed E-state index contributed by atoms with van der Waals surface area (Å²) in [6.45, 7) is 0. The summed E-state index contributed by atoms with van der Waals surface area (Å²) in [5, 5.41) is 0. The van der Waals surface area contributed by atoms with Crippen molar-refractivity contribution in [2.75, 3.05) is 0 Å². The lowest BCUT2D eigenvalue weighted by Crippen LogP contribution is -2.17. The Morgan fingerprint density at radius 3 is 2.62 bits per heavy atom. The van der Waals surface area contributed by atoms with E-state index in [2.05, 4.69) is 9.97 Å². The zero-order valence-electron chi connectivity index (χ0n) is 6.15. The second-order valence-corrected chi connectivity index (χ2v) is 2.48. The Hall–Kier alpha value is -1.04. The Morgan fingerprint density at radius 1 is 1.54 bits per heavy atom. The number of halogens is 4. The van der Waals surface area contributed by atoms with Crippen molar-refractivity contribution in [2.45, 2.75) is 12.1 Å². The number of alkyl halides is 4. The first kappa shape index (κ1) is 10.0. The molecule has 0 spiro atoms. The zero-order chi connectivity index (χ0) is 10.1. The summed E-state index contributed by atoms with van der Waals surface area (Å²) in [4.78, 5) is 15.8. The van der Waals surface area contributed by atoms with Crippen molar-refractivity contribution in [3.05, 3.63) is 27.9 Å². The SMILES string of the molecule is O=c1cc(C(F)(F)F)nc(CCl)[nH]1. The van der Waals surface area contributed by atoms with Crippen LogP contribution in [0.25, 0.3) is 0 Å². The van der Waals surface area contributed by atoms with Gasteiger partial charge in [0.25, 0.3) is 5.56 Å². The predicted molar refractivity (Wildman–Crippen MR) is 39.4 cm³/mol. The lowest BCUT2D eigenvalue weighted by atomic mass is 10.4. The quantitative estimate of drug-likeness (QED) is 0.718. The summed E-state index contributed by atoms with van der Waals surface area (Å²) in [5.41, 5.74) is -2.09. The van der Waals surface area contributed by atoms with Gasteiger partial charge in [0, 0.05) is 6.07 Å². The van der Waals surface area contributed by atoms with E-state index in [0.29, 0.717) is 6.07 Å². The van der Waals surface area contributed by atoms with Crippen LogP contribution in [0.15, 0.2) is 10.9 Å². The van der Waals surface area contributed by atoms with Gasteiger partial charge in [-0.15, -0.1) is 11.6 Å². The van der Waals surface area contributed by atoms with Crippen molar-refractivity contribution in [3.8, 4) is 0 Å². The van der Waals surface area contributed by atoms with Gasteiger partial charge in [-0.05, 0) is 0 Å². The molecule has 0 amide bonds. The molecule has 0 aliphatic rings. The number of aromatic amines is 1. The first-order chi connectivity index (χ1) is 5.93. The maximum absolute atomic E-state index is 12.0. The van der Waals surface area contributed by atoms with E-state index in [1.807, 2.05) is 0 Å². The lowest BCUT2D eigenvalue weighted by molar-refractivity contribution is -0.141. The van der Waals surface area contributed by atoms with E-state index in [1.54, 1.807) is 0 Å². The third kappa shape index (κ3) is 2.45. The maximum Gasteiger partial charge on any atom is 0.433 e. The fourth-order valence-corrected chi connectivity index (χ4v) is 0.843. The van der Waals surface area contributed by atoms with E-state index < -0.39 is 17.4 Å². The Balaban J connectivity index is 3.24. The van der Waals surface area contributed by atoms with Crippen molar-refractivity contribution < 1.29 is 13.2 Å². The highest BCUT2D eigenvalue weighted by Crippen LogP contribution is 2.26. The van der Waals surface area contributed by atoms with Crippen molar-refractivity contribution in [3.63, 3.8) is 0 Å². The average molecular weight is 213 g/mol. The molecule has 0 saturated heterocycles. The highest BCUT2D eigenvalue weighted by atomic mass is 35.5. The van der Waals surface area contributed by atoms with E-state index in [-0.39, 0.29) is 11.7 Å². The summed E-state index contributed by atoms with van der Waals surface area (Å²) in [6.07, 6.45) is -4.62. The Labute approximate surface area is 75.6 Å². The molecule has 0 aliphatic carbocycles. The second-order valence-electron chi connectivity index (χ2n) is 2.21. The van der Waals surface area contributed by atoms with Crippen molar-refractivity contribution >= 4 is 11.6 Å². The van der Waals surface area contributed by atoms with Crippen LogP contribution in [0.1, 0.15) is 11.5 Å². The highest BCUT2D eigenvalue weighted by molar-refractivity contribution is 6.16. The number of nitrogens with zero attached hydrogens (tertiary/aromatic N) is 1. The summed E-state index contributed by atoms with van der Waals surface area (Å²) in [7, 11) is 0. The minimum absolute atomic E-state index is 0.193. The normalized spacial score (nSPS) is 11.7. The van der Waals surface area contributed by atoms with Crippen LogP contribution in [0.2, 0.25) is 0 Å². The number of hydrogen-bond acceptors (Lipinski definition) is 2. The predicted octanol–water partition coefficient (Wildman–Crippen LogP) is 1.53. The number of aromatic nitrogens is 2. The van der Waals surface area contributed by atoms with Crippen molar-refractivity contribution in [2.24, 2.45) is 0 Å². The Morgan fingerprint density at radius 2 is 2.15 bits per heavy atom. The fourth-order valence-electron chi connectivity index (χ4n) is 0.717. The monoisotopic (exact) mass is 212 g/mol. The van der Waals surface area contributed by atoms with Crippen LogP contribution in [0.5, 0.6) is 0 Å². The molecule has 3 nitrogen and oxygen atoms in total. The van der Waals surface area contributed by atoms with Gasteiger partial charge >= 0.3 is 6.18 Å². The number of nitrogens with one attached hydrogen (secondary N) is 1. The van der Waals surface area contributed by atoms with Crippen LogP contribution < -0.4 is 5.56 Å². The van der Waals surface area contributed by atoms with Gasteiger partial charge in [-0.25, -0.2) is 4.98 Å². The van der Waals surface area contributed by atoms with Crippen LogP contribution in [0.4, 0.5) is 13.2 Å². The minimum Gasteiger partial charge on any atom is -0.310 e. The molecule has 1 heterocycles. The summed E-state index contributed by atoms with van der Waals surface area (Å²) >= 11 is 5.22. The Kier molecular flexibility index (Phi) is 2.60. The van der Waals surface area contributed by atoms with Gasteiger partial charge in [0.1, 0.15) is 5.82 Å². The van der Waals surface area contributed by atoms with Crippen LogP contribution in [0.3, 0.4) is 0 Å². The van der Waals surface area contributed by atoms with E-state index in [9.17, 15) is 18.0 Å². The van der Waals surface area contributed by atoms with E-state index >= 15 is 0 Å². The first-order valence-corrected chi connectivity index (χ1v) is 3.70. The van der Waals surface area contributed by atoms with Crippen LogP contribution in [-0.4, -0.2) is 9.97 Å². The third-order valence-electron chi connectivity index (χ3n) is 1.21. The van der Waals surface area contributed by atoms with Gasteiger partial charge in [-0.2, -0.15) is 13.2 Å². The van der Waals surface area contributed by atoms with Gasteiger partial charge in [0.2, 0.25) is 0 Å². The van der Waals surface area contributed by atoms with Crippen molar-refractivity contribution in [1.82, 2.24) is 9.97 Å². The molecule has 0 aliphatic heterocycles. The molecule has 0 fully saturated rings. The average Bonchev–Trinajstić information content (AvgIpc) is 2.01. The molecular weight excluding hydrogens is 209 g/mol. The third-order valence-corrected chi connectivity index (χ3v) is 1.46. The minimum atomic E-state index is -4.62. The molecule has 0 unspecified atom stereocenters. The summed E-state index contributed by atoms with van der Waals surface area (Å²) in [6, 6.07) is 0.385. The molecule has 13 heavy (non-hydrogen) atoms. The number of H-pyrrole nitrogens is 1.